The molecule has 1 rings (SSSR count). The van der Waals surface area contributed by atoms with E-state index < -0.39 is 24.4 Å². The lowest BCUT2D eigenvalue weighted by atomic mass is 10.0. The summed E-state index contributed by atoms with van der Waals surface area (Å²) < 4.78 is 39.1. The summed E-state index contributed by atoms with van der Waals surface area (Å²) in [6, 6.07) is 1.34. The van der Waals surface area contributed by atoms with Gasteiger partial charge in [0.25, 0.3) is 5.92 Å². The zero-order valence-corrected chi connectivity index (χ0v) is 8.31. The third-order valence-corrected chi connectivity index (χ3v) is 2.20. The Morgan fingerprint density at radius 2 is 2.07 bits per heavy atom. The van der Waals surface area contributed by atoms with Gasteiger partial charge in [0.05, 0.1) is 6.04 Å². The van der Waals surface area contributed by atoms with E-state index in [0.29, 0.717) is 0 Å². The molecule has 1 aromatic carbocycles. The first-order chi connectivity index (χ1) is 6.88. The second kappa shape index (κ2) is 4.38. The molecule has 84 valence electrons. The molecular weight excluding hydrogens is 231 g/mol. The Morgan fingerprint density at radius 3 is 2.53 bits per heavy atom. The molecule has 0 aromatic heterocycles. The molecule has 0 saturated heterocycles. The summed E-state index contributed by atoms with van der Waals surface area (Å²) in [6.45, 7) is -1.43. The zero-order chi connectivity index (χ0) is 11.6. The molecule has 0 amide bonds. The van der Waals surface area contributed by atoms with Crippen LogP contribution in [-0.4, -0.2) is 17.6 Å². The average molecular weight is 240 g/mol. The SMILES string of the molecule is N[C@@H](c1ccc(Cl)cc1F)C(F)(F)CO. The topological polar surface area (TPSA) is 46.2 Å². The maximum atomic E-state index is 13.2. The van der Waals surface area contributed by atoms with Crippen molar-refractivity contribution in [2.75, 3.05) is 6.61 Å². The lowest BCUT2D eigenvalue weighted by Crippen LogP contribution is -2.36. The summed E-state index contributed by atoms with van der Waals surface area (Å²) in [5.41, 5.74) is 4.76. The lowest BCUT2D eigenvalue weighted by Gasteiger charge is -2.22. The van der Waals surface area contributed by atoms with E-state index in [-0.39, 0.29) is 10.6 Å². The number of aliphatic hydroxyl groups is 1. The van der Waals surface area contributed by atoms with Crippen LogP contribution >= 0.6 is 11.6 Å². The molecule has 0 bridgehead atoms. The quantitative estimate of drug-likeness (QED) is 0.849. The van der Waals surface area contributed by atoms with Crippen molar-refractivity contribution in [2.24, 2.45) is 5.73 Å². The van der Waals surface area contributed by atoms with Crippen molar-refractivity contribution in [3.05, 3.63) is 34.6 Å². The van der Waals surface area contributed by atoms with E-state index in [1.165, 1.54) is 6.07 Å². The van der Waals surface area contributed by atoms with Gasteiger partial charge in [0.1, 0.15) is 12.4 Å². The highest BCUT2D eigenvalue weighted by Crippen LogP contribution is 2.31. The summed E-state index contributed by atoms with van der Waals surface area (Å²) in [4.78, 5) is 0. The van der Waals surface area contributed by atoms with Gasteiger partial charge in [0, 0.05) is 10.6 Å². The van der Waals surface area contributed by atoms with Crippen LogP contribution < -0.4 is 5.73 Å². The minimum absolute atomic E-state index is 0.0933. The predicted octanol–water partition coefficient (Wildman–Crippen LogP) is 2.11. The number of benzene rings is 1. The van der Waals surface area contributed by atoms with Gasteiger partial charge in [-0.25, -0.2) is 13.2 Å². The van der Waals surface area contributed by atoms with Gasteiger partial charge in [-0.15, -0.1) is 0 Å². The first-order valence-corrected chi connectivity index (χ1v) is 4.45. The minimum atomic E-state index is -3.56. The molecule has 0 fully saturated rings. The Labute approximate surface area is 89.5 Å². The molecule has 0 saturated carbocycles. The first kappa shape index (κ1) is 12.3. The lowest BCUT2D eigenvalue weighted by molar-refractivity contribution is -0.0718. The van der Waals surface area contributed by atoms with Crippen LogP contribution in [0.3, 0.4) is 0 Å². The van der Waals surface area contributed by atoms with E-state index in [2.05, 4.69) is 0 Å². The normalized spacial score (nSPS) is 14.0. The third kappa shape index (κ3) is 2.62. The van der Waals surface area contributed by atoms with Crippen LogP contribution in [0.4, 0.5) is 13.2 Å². The summed E-state index contributed by atoms with van der Waals surface area (Å²) in [5, 5.41) is 8.49. The van der Waals surface area contributed by atoms with Crippen LogP contribution in [0.1, 0.15) is 11.6 Å². The van der Waals surface area contributed by atoms with Gasteiger partial charge in [-0.3, -0.25) is 0 Å². The van der Waals surface area contributed by atoms with E-state index in [0.717, 1.165) is 12.1 Å². The summed E-state index contributed by atoms with van der Waals surface area (Å²) in [6.07, 6.45) is 0. The van der Waals surface area contributed by atoms with Gasteiger partial charge < -0.3 is 10.8 Å². The van der Waals surface area contributed by atoms with Crippen LogP contribution in [0.15, 0.2) is 18.2 Å². The summed E-state index contributed by atoms with van der Waals surface area (Å²) in [7, 11) is 0. The molecule has 0 heterocycles. The van der Waals surface area contributed by atoms with Crippen molar-refractivity contribution >= 4 is 11.6 Å². The number of nitrogens with two attached hydrogens (primary N) is 1. The molecule has 1 aromatic rings. The highest BCUT2D eigenvalue weighted by molar-refractivity contribution is 6.30. The van der Waals surface area contributed by atoms with Crippen molar-refractivity contribution < 1.29 is 18.3 Å². The van der Waals surface area contributed by atoms with Crippen LogP contribution in [0.2, 0.25) is 5.02 Å². The highest BCUT2D eigenvalue weighted by atomic mass is 35.5. The predicted molar refractivity (Wildman–Crippen MR) is 50.4 cm³/mol. The average Bonchev–Trinajstić information content (AvgIpc) is 2.17. The van der Waals surface area contributed by atoms with Crippen molar-refractivity contribution in [1.82, 2.24) is 0 Å². The number of halogens is 4. The molecule has 2 nitrogen and oxygen atoms in total. The highest BCUT2D eigenvalue weighted by Gasteiger charge is 2.38. The van der Waals surface area contributed by atoms with Gasteiger partial charge in [-0.05, 0) is 12.1 Å². The first-order valence-electron chi connectivity index (χ1n) is 4.07. The molecule has 0 aliphatic heterocycles. The standard InChI is InChI=1S/C9H9ClF3NO/c10-5-1-2-6(7(11)3-5)8(14)9(12,13)4-15/h1-3,8,15H,4,14H2/t8-/m0/s1. The van der Waals surface area contributed by atoms with Crippen molar-refractivity contribution in [3.8, 4) is 0 Å². The fourth-order valence-corrected chi connectivity index (χ4v) is 1.24. The van der Waals surface area contributed by atoms with Gasteiger partial charge in [-0.1, -0.05) is 17.7 Å². The van der Waals surface area contributed by atoms with Gasteiger partial charge in [0.15, 0.2) is 0 Å². The molecule has 1 atom stereocenters. The fraction of sp³-hybridized carbons (Fsp3) is 0.333. The molecule has 3 N–H and O–H groups in total. The number of aliphatic hydroxyl groups excluding tert-OH is 1. The van der Waals surface area contributed by atoms with E-state index in [9.17, 15) is 13.2 Å². The second-order valence-electron chi connectivity index (χ2n) is 3.06. The summed E-state index contributed by atoms with van der Waals surface area (Å²) in [5.74, 6) is -4.47. The largest absolute Gasteiger partial charge is 0.390 e. The Balaban J connectivity index is 3.06. The zero-order valence-electron chi connectivity index (χ0n) is 7.55. The third-order valence-electron chi connectivity index (χ3n) is 1.96. The number of alkyl halides is 2. The van der Waals surface area contributed by atoms with Gasteiger partial charge in [0.2, 0.25) is 0 Å². The molecule has 0 radical (unpaired) electrons. The van der Waals surface area contributed by atoms with Gasteiger partial charge in [-0.2, -0.15) is 0 Å². The summed E-state index contributed by atoms with van der Waals surface area (Å²) >= 11 is 5.45. The maximum Gasteiger partial charge on any atom is 0.289 e. The Bertz CT molecular complexity index is 359. The molecule has 0 spiro atoms. The Morgan fingerprint density at radius 1 is 1.47 bits per heavy atom. The number of hydrogen-bond donors (Lipinski definition) is 2. The van der Waals surface area contributed by atoms with Crippen molar-refractivity contribution in [1.29, 1.82) is 0 Å². The number of rotatable bonds is 3. The van der Waals surface area contributed by atoms with Crippen LogP contribution in [0.25, 0.3) is 0 Å². The Hall–Kier alpha value is -0.780. The molecule has 0 unspecified atom stereocenters. The number of hydrogen-bond acceptors (Lipinski definition) is 2. The van der Waals surface area contributed by atoms with Crippen LogP contribution in [0, 0.1) is 5.82 Å². The molecule has 0 aliphatic carbocycles. The van der Waals surface area contributed by atoms with E-state index in [1.54, 1.807) is 0 Å². The molecule has 15 heavy (non-hydrogen) atoms. The monoisotopic (exact) mass is 239 g/mol. The van der Waals surface area contributed by atoms with E-state index in [4.69, 9.17) is 22.4 Å². The van der Waals surface area contributed by atoms with Crippen molar-refractivity contribution in [3.63, 3.8) is 0 Å². The minimum Gasteiger partial charge on any atom is -0.390 e. The molecule has 0 aliphatic rings. The second-order valence-corrected chi connectivity index (χ2v) is 3.50. The van der Waals surface area contributed by atoms with Crippen LogP contribution in [0.5, 0.6) is 0 Å². The van der Waals surface area contributed by atoms with E-state index in [1.807, 2.05) is 0 Å². The fourth-order valence-electron chi connectivity index (χ4n) is 1.08. The van der Waals surface area contributed by atoms with Gasteiger partial charge >= 0.3 is 0 Å². The Kier molecular flexibility index (Phi) is 3.59. The maximum absolute atomic E-state index is 13.2. The van der Waals surface area contributed by atoms with Crippen molar-refractivity contribution in [2.45, 2.75) is 12.0 Å². The van der Waals surface area contributed by atoms with E-state index >= 15 is 0 Å². The molecular formula is C9H9ClF3NO. The van der Waals surface area contributed by atoms with Crippen LogP contribution in [-0.2, 0) is 0 Å². The smallest absolute Gasteiger partial charge is 0.289 e. The molecule has 6 heteroatoms.